The van der Waals surface area contributed by atoms with Crippen molar-refractivity contribution in [3.63, 3.8) is 0 Å². The van der Waals surface area contributed by atoms with Gasteiger partial charge in [0.1, 0.15) is 0 Å². The average molecular weight is 248 g/mol. The van der Waals surface area contributed by atoms with Gasteiger partial charge in [-0.3, -0.25) is 9.88 Å². The van der Waals surface area contributed by atoms with Crippen molar-refractivity contribution < 1.29 is 0 Å². The lowest BCUT2D eigenvalue weighted by Crippen LogP contribution is -2.47. The first kappa shape index (κ1) is 13.5. The van der Waals surface area contributed by atoms with Crippen molar-refractivity contribution in [2.45, 2.75) is 32.0 Å². The van der Waals surface area contributed by atoms with Crippen molar-refractivity contribution in [2.75, 3.05) is 26.7 Å². The van der Waals surface area contributed by atoms with Gasteiger partial charge in [0, 0.05) is 44.1 Å². The van der Waals surface area contributed by atoms with E-state index >= 15 is 0 Å². The second kappa shape index (κ2) is 6.27. The van der Waals surface area contributed by atoms with E-state index in [9.17, 15) is 0 Å². The topological polar surface area (TPSA) is 45.4 Å². The fourth-order valence-electron chi connectivity index (χ4n) is 2.68. The molecular formula is C14H24N4. The number of hydrogen-bond acceptors (Lipinski definition) is 4. The van der Waals surface area contributed by atoms with E-state index in [1.807, 2.05) is 12.4 Å². The monoisotopic (exact) mass is 248 g/mol. The largest absolute Gasteiger partial charge is 0.329 e. The Bertz CT molecular complexity index is 354. The molecule has 4 nitrogen and oxygen atoms in total. The van der Waals surface area contributed by atoms with Gasteiger partial charge in [0.2, 0.25) is 0 Å². The van der Waals surface area contributed by atoms with E-state index in [0.29, 0.717) is 12.1 Å². The van der Waals surface area contributed by atoms with E-state index in [-0.39, 0.29) is 0 Å². The van der Waals surface area contributed by atoms with Crippen molar-refractivity contribution in [3.05, 3.63) is 30.1 Å². The number of nitrogens with two attached hydrogens (primary N) is 1. The summed E-state index contributed by atoms with van der Waals surface area (Å²) in [5, 5.41) is 0. The molecule has 1 aliphatic rings. The van der Waals surface area contributed by atoms with Crippen LogP contribution in [0.4, 0.5) is 0 Å². The fourth-order valence-corrected chi connectivity index (χ4v) is 2.68. The van der Waals surface area contributed by atoms with Gasteiger partial charge in [0.25, 0.3) is 0 Å². The number of likely N-dealkylation sites (N-methyl/N-ethyl adjacent to an activating group) is 1. The van der Waals surface area contributed by atoms with Crippen LogP contribution in [0.1, 0.15) is 18.9 Å². The zero-order valence-electron chi connectivity index (χ0n) is 11.4. The molecule has 100 valence electrons. The Morgan fingerprint density at radius 3 is 2.78 bits per heavy atom. The molecule has 4 heteroatoms. The Labute approximate surface area is 110 Å². The van der Waals surface area contributed by atoms with Crippen LogP contribution in [0.2, 0.25) is 0 Å². The third-order valence-electron chi connectivity index (χ3n) is 3.87. The van der Waals surface area contributed by atoms with Crippen molar-refractivity contribution in [1.29, 1.82) is 0 Å². The molecule has 2 N–H and O–H groups in total. The predicted molar refractivity (Wildman–Crippen MR) is 74.2 cm³/mol. The van der Waals surface area contributed by atoms with Crippen LogP contribution < -0.4 is 5.73 Å². The molecule has 0 aromatic carbocycles. The first-order valence-electron chi connectivity index (χ1n) is 6.74. The lowest BCUT2D eigenvalue weighted by atomic mass is 10.1. The summed E-state index contributed by atoms with van der Waals surface area (Å²) in [6.07, 6.45) is 4.93. The highest BCUT2D eigenvalue weighted by atomic mass is 15.3. The van der Waals surface area contributed by atoms with Gasteiger partial charge in [-0.05, 0) is 44.6 Å². The SMILES string of the molecule is CC1CCN(C)CC(CN)N1Cc1ccncc1. The molecule has 2 unspecified atom stereocenters. The highest BCUT2D eigenvalue weighted by Gasteiger charge is 2.27. The van der Waals surface area contributed by atoms with Crippen LogP contribution >= 0.6 is 0 Å². The standard InChI is InChI=1S/C14H24N4/c1-12-5-8-17(2)11-14(9-15)18(12)10-13-3-6-16-7-4-13/h3-4,6-7,12,14H,5,8-11,15H2,1-2H3. The lowest BCUT2D eigenvalue weighted by molar-refractivity contribution is 0.139. The summed E-state index contributed by atoms with van der Waals surface area (Å²) in [7, 11) is 2.19. The Morgan fingerprint density at radius 1 is 1.39 bits per heavy atom. The van der Waals surface area contributed by atoms with Crippen molar-refractivity contribution in [2.24, 2.45) is 5.73 Å². The van der Waals surface area contributed by atoms with Crippen molar-refractivity contribution in [1.82, 2.24) is 14.8 Å². The second-order valence-electron chi connectivity index (χ2n) is 5.32. The first-order chi connectivity index (χ1) is 8.70. The molecule has 1 aromatic heterocycles. The second-order valence-corrected chi connectivity index (χ2v) is 5.32. The number of aromatic nitrogens is 1. The minimum Gasteiger partial charge on any atom is -0.329 e. The number of hydrogen-bond donors (Lipinski definition) is 1. The van der Waals surface area contributed by atoms with Gasteiger partial charge in [-0.2, -0.15) is 0 Å². The van der Waals surface area contributed by atoms with E-state index in [0.717, 1.165) is 26.2 Å². The molecule has 0 amide bonds. The van der Waals surface area contributed by atoms with Crippen LogP contribution in [-0.4, -0.2) is 53.5 Å². The summed E-state index contributed by atoms with van der Waals surface area (Å²) >= 11 is 0. The molecule has 1 aliphatic heterocycles. The highest BCUT2D eigenvalue weighted by Crippen LogP contribution is 2.18. The van der Waals surface area contributed by atoms with Crippen LogP contribution in [0.3, 0.4) is 0 Å². The Hall–Kier alpha value is -0.970. The van der Waals surface area contributed by atoms with Crippen LogP contribution in [0.15, 0.2) is 24.5 Å². The summed E-state index contributed by atoms with van der Waals surface area (Å²) in [5.74, 6) is 0. The molecule has 0 radical (unpaired) electrons. The maximum atomic E-state index is 5.96. The molecule has 1 saturated heterocycles. The number of nitrogens with zero attached hydrogens (tertiary/aromatic N) is 3. The van der Waals surface area contributed by atoms with E-state index in [2.05, 4.69) is 40.9 Å². The molecule has 1 fully saturated rings. The highest BCUT2D eigenvalue weighted by molar-refractivity contribution is 5.10. The minimum atomic E-state index is 0.445. The molecule has 18 heavy (non-hydrogen) atoms. The smallest absolute Gasteiger partial charge is 0.0351 e. The van der Waals surface area contributed by atoms with Crippen molar-refractivity contribution in [3.8, 4) is 0 Å². The van der Waals surface area contributed by atoms with Gasteiger partial charge in [0.05, 0.1) is 0 Å². The van der Waals surface area contributed by atoms with Gasteiger partial charge in [-0.15, -0.1) is 0 Å². The van der Waals surface area contributed by atoms with Gasteiger partial charge in [0.15, 0.2) is 0 Å². The van der Waals surface area contributed by atoms with Crippen LogP contribution in [-0.2, 0) is 6.54 Å². The summed E-state index contributed by atoms with van der Waals surface area (Å²) in [6.45, 7) is 6.22. The maximum Gasteiger partial charge on any atom is 0.0351 e. The lowest BCUT2D eigenvalue weighted by Gasteiger charge is -2.34. The van der Waals surface area contributed by atoms with E-state index in [4.69, 9.17) is 5.73 Å². The molecule has 2 heterocycles. The zero-order chi connectivity index (χ0) is 13.0. The third kappa shape index (κ3) is 3.28. The molecular weight excluding hydrogens is 224 g/mol. The van der Waals surface area contributed by atoms with E-state index < -0.39 is 0 Å². The number of rotatable bonds is 3. The Balaban J connectivity index is 2.11. The van der Waals surface area contributed by atoms with Crippen molar-refractivity contribution >= 4 is 0 Å². The molecule has 2 atom stereocenters. The van der Waals surface area contributed by atoms with Crippen LogP contribution in [0, 0.1) is 0 Å². The Kier molecular flexibility index (Phi) is 4.69. The first-order valence-corrected chi connectivity index (χ1v) is 6.74. The molecule has 0 spiro atoms. The predicted octanol–water partition coefficient (Wildman–Crippen LogP) is 0.935. The van der Waals surface area contributed by atoms with Gasteiger partial charge < -0.3 is 10.6 Å². The summed E-state index contributed by atoms with van der Waals surface area (Å²) in [4.78, 5) is 9.01. The number of pyridine rings is 1. The van der Waals surface area contributed by atoms with Crippen LogP contribution in [0.25, 0.3) is 0 Å². The maximum absolute atomic E-state index is 5.96. The summed E-state index contributed by atoms with van der Waals surface area (Å²) in [6, 6.07) is 5.21. The normalized spacial score (nSPS) is 27.1. The average Bonchev–Trinajstić information content (AvgIpc) is 2.53. The third-order valence-corrected chi connectivity index (χ3v) is 3.87. The summed E-state index contributed by atoms with van der Waals surface area (Å²) in [5.41, 5.74) is 7.28. The molecule has 0 saturated carbocycles. The van der Waals surface area contributed by atoms with Gasteiger partial charge in [-0.25, -0.2) is 0 Å². The minimum absolute atomic E-state index is 0.445. The molecule has 2 rings (SSSR count). The Morgan fingerprint density at radius 2 is 2.11 bits per heavy atom. The molecule has 1 aromatic rings. The molecule has 0 aliphatic carbocycles. The fraction of sp³-hybridized carbons (Fsp3) is 0.643. The quantitative estimate of drug-likeness (QED) is 0.864. The molecule has 0 bridgehead atoms. The van der Waals surface area contributed by atoms with E-state index in [1.54, 1.807) is 0 Å². The van der Waals surface area contributed by atoms with Crippen LogP contribution in [0.5, 0.6) is 0 Å². The van der Waals surface area contributed by atoms with Gasteiger partial charge in [-0.1, -0.05) is 0 Å². The zero-order valence-corrected chi connectivity index (χ0v) is 11.4. The van der Waals surface area contributed by atoms with Gasteiger partial charge >= 0.3 is 0 Å². The van der Waals surface area contributed by atoms with E-state index in [1.165, 1.54) is 12.0 Å². The summed E-state index contributed by atoms with van der Waals surface area (Å²) < 4.78 is 0.